The first-order chi connectivity index (χ1) is 8.06. The largest absolute Gasteiger partial charge is 0.323 e. The number of aromatic nitrogens is 1. The summed E-state index contributed by atoms with van der Waals surface area (Å²) in [7, 11) is 0. The van der Waals surface area contributed by atoms with E-state index in [1.54, 1.807) is 0 Å². The molecular formula is C13H16ClN3. The first-order valence-electron chi connectivity index (χ1n) is 5.61. The number of aryl methyl sites for hydroxylation is 1. The van der Waals surface area contributed by atoms with Crippen LogP contribution in [0.15, 0.2) is 18.2 Å². The standard InChI is InChI=1S/C13H16ClN3/c1-7(2)11-8(3)16-12-9(13(11)17-15)5-4-6-10(12)14/h4-7H,15H2,1-3H3,(H,16,17). The van der Waals surface area contributed by atoms with Crippen LogP contribution in [0, 0.1) is 6.92 Å². The predicted octanol–water partition coefficient (Wildman–Crippen LogP) is 3.61. The maximum absolute atomic E-state index is 6.16. The van der Waals surface area contributed by atoms with Crippen molar-refractivity contribution in [2.24, 2.45) is 5.84 Å². The number of nitrogens with zero attached hydrogens (tertiary/aromatic N) is 1. The second-order valence-corrected chi connectivity index (χ2v) is 4.83. The van der Waals surface area contributed by atoms with Crippen LogP contribution in [0.2, 0.25) is 5.02 Å². The van der Waals surface area contributed by atoms with Gasteiger partial charge >= 0.3 is 0 Å². The second kappa shape index (κ2) is 4.51. The number of rotatable bonds is 2. The molecule has 1 aromatic heterocycles. The van der Waals surface area contributed by atoms with Gasteiger partial charge in [0.1, 0.15) is 0 Å². The van der Waals surface area contributed by atoms with Gasteiger partial charge in [-0.3, -0.25) is 10.8 Å². The fourth-order valence-electron chi connectivity index (χ4n) is 2.25. The average molecular weight is 250 g/mol. The number of halogens is 1. The van der Waals surface area contributed by atoms with E-state index in [2.05, 4.69) is 24.3 Å². The molecule has 2 aromatic rings. The summed E-state index contributed by atoms with van der Waals surface area (Å²) >= 11 is 6.16. The quantitative estimate of drug-likeness (QED) is 0.632. The zero-order valence-electron chi connectivity index (χ0n) is 10.2. The van der Waals surface area contributed by atoms with Crippen LogP contribution in [0.25, 0.3) is 10.9 Å². The SMILES string of the molecule is Cc1nc2c(Cl)cccc2c(NN)c1C(C)C. The molecule has 3 nitrogen and oxygen atoms in total. The molecular weight excluding hydrogens is 234 g/mol. The van der Waals surface area contributed by atoms with Gasteiger partial charge in [-0.05, 0) is 18.9 Å². The van der Waals surface area contributed by atoms with Crippen LogP contribution in [0.1, 0.15) is 31.0 Å². The number of benzene rings is 1. The molecule has 90 valence electrons. The highest BCUT2D eigenvalue weighted by atomic mass is 35.5. The minimum atomic E-state index is 0.358. The summed E-state index contributed by atoms with van der Waals surface area (Å²) in [6, 6.07) is 5.73. The molecule has 0 aliphatic rings. The predicted molar refractivity (Wildman–Crippen MR) is 73.4 cm³/mol. The molecule has 17 heavy (non-hydrogen) atoms. The fourth-order valence-corrected chi connectivity index (χ4v) is 2.46. The van der Waals surface area contributed by atoms with Gasteiger partial charge in [0.2, 0.25) is 0 Å². The first-order valence-corrected chi connectivity index (χ1v) is 5.99. The van der Waals surface area contributed by atoms with E-state index in [-0.39, 0.29) is 0 Å². The Balaban J connectivity index is 2.90. The van der Waals surface area contributed by atoms with Gasteiger partial charge < -0.3 is 5.43 Å². The molecule has 0 unspecified atom stereocenters. The Bertz CT molecular complexity index is 564. The van der Waals surface area contributed by atoms with Gasteiger partial charge in [-0.2, -0.15) is 0 Å². The van der Waals surface area contributed by atoms with E-state index < -0.39 is 0 Å². The van der Waals surface area contributed by atoms with E-state index in [4.69, 9.17) is 17.4 Å². The number of nitrogen functional groups attached to an aromatic ring is 1. The van der Waals surface area contributed by atoms with Crippen molar-refractivity contribution < 1.29 is 0 Å². The van der Waals surface area contributed by atoms with Crippen LogP contribution in [0.3, 0.4) is 0 Å². The molecule has 1 heterocycles. The molecule has 0 aliphatic carbocycles. The molecule has 0 amide bonds. The Morgan fingerprint density at radius 1 is 1.35 bits per heavy atom. The summed E-state index contributed by atoms with van der Waals surface area (Å²) in [6.07, 6.45) is 0. The zero-order valence-corrected chi connectivity index (χ0v) is 11.0. The van der Waals surface area contributed by atoms with Gasteiger partial charge in [-0.25, -0.2) is 0 Å². The lowest BCUT2D eigenvalue weighted by molar-refractivity contribution is 0.848. The third-order valence-corrected chi connectivity index (χ3v) is 3.22. The Labute approximate surface area is 106 Å². The number of hydrogen-bond acceptors (Lipinski definition) is 3. The van der Waals surface area contributed by atoms with Crippen LogP contribution in [0.4, 0.5) is 5.69 Å². The average Bonchev–Trinajstić information content (AvgIpc) is 2.28. The first kappa shape index (κ1) is 12.1. The summed E-state index contributed by atoms with van der Waals surface area (Å²) in [4.78, 5) is 4.58. The molecule has 0 aliphatic heterocycles. The summed E-state index contributed by atoms with van der Waals surface area (Å²) in [5.74, 6) is 6.01. The Kier molecular flexibility index (Phi) is 3.22. The van der Waals surface area contributed by atoms with E-state index in [9.17, 15) is 0 Å². The Morgan fingerprint density at radius 3 is 2.65 bits per heavy atom. The van der Waals surface area contributed by atoms with Crippen LogP contribution in [0.5, 0.6) is 0 Å². The number of para-hydroxylation sites is 1. The van der Waals surface area contributed by atoms with Crippen molar-refractivity contribution >= 4 is 28.2 Å². The van der Waals surface area contributed by atoms with Crippen LogP contribution in [-0.4, -0.2) is 4.98 Å². The van der Waals surface area contributed by atoms with Crippen molar-refractivity contribution in [2.75, 3.05) is 5.43 Å². The molecule has 0 bridgehead atoms. The van der Waals surface area contributed by atoms with Crippen molar-refractivity contribution in [3.8, 4) is 0 Å². The number of nitrogens with two attached hydrogens (primary N) is 1. The van der Waals surface area contributed by atoms with Crippen LogP contribution >= 0.6 is 11.6 Å². The van der Waals surface area contributed by atoms with Gasteiger partial charge in [0, 0.05) is 16.6 Å². The van der Waals surface area contributed by atoms with Crippen molar-refractivity contribution in [3.05, 3.63) is 34.5 Å². The Hall–Kier alpha value is -1.32. The van der Waals surface area contributed by atoms with Crippen molar-refractivity contribution in [2.45, 2.75) is 26.7 Å². The number of hydrazine groups is 1. The summed E-state index contributed by atoms with van der Waals surface area (Å²) in [5, 5.41) is 1.62. The fraction of sp³-hybridized carbons (Fsp3) is 0.308. The Morgan fingerprint density at radius 2 is 2.06 bits per heavy atom. The molecule has 1 aromatic carbocycles. The summed E-state index contributed by atoms with van der Waals surface area (Å²) < 4.78 is 0. The lowest BCUT2D eigenvalue weighted by Crippen LogP contribution is -2.12. The smallest absolute Gasteiger partial charge is 0.0912 e. The monoisotopic (exact) mass is 249 g/mol. The van der Waals surface area contributed by atoms with Gasteiger partial charge in [0.25, 0.3) is 0 Å². The zero-order chi connectivity index (χ0) is 12.6. The molecule has 0 radical (unpaired) electrons. The van der Waals surface area contributed by atoms with Crippen molar-refractivity contribution in [1.29, 1.82) is 0 Å². The van der Waals surface area contributed by atoms with Crippen LogP contribution < -0.4 is 11.3 Å². The third-order valence-electron chi connectivity index (χ3n) is 2.92. The number of hydrogen-bond donors (Lipinski definition) is 2. The lowest BCUT2D eigenvalue weighted by Gasteiger charge is -2.17. The highest BCUT2D eigenvalue weighted by molar-refractivity contribution is 6.35. The molecule has 0 fully saturated rings. The van der Waals surface area contributed by atoms with E-state index >= 15 is 0 Å². The highest BCUT2D eigenvalue weighted by Crippen LogP contribution is 2.35. The number of anilines is 1. The highest BCUT2D eigenvalue weighted by Gasteiger charge is 2.15. The van der Waals surface area contributed by atoms with Crippen molar-refractivity contribution in [3.63, 3.8) is 0 Å². The maximum Gasteiger partial charge on any atom is 0.0912 e. The number of fused-ring (bicyclic) bond motifs is 1. The second-order valence-electron chi connectivity index (χ2n) is 4.42. The van der Waals surface area contributed by atoms with E-state index in [0.717, 1.165) is 27.8 Å². The minimum Gasteiger partial charge on any atom is -0.323 e. The molecule has 3 N–H and O–H groups in total. The van der Waals surface area contributed by atoms with Gasteiger partial charge in [0.05, 0.1) is 16.2 Å². The van der Waals surface area contributed by atoms with E-state index in [1.807, 2.05) is 25.1 Å². The minimum absolute atomic E-state index is 0.358. The van der Waals surface area contributed by atoms with Crippen LogP contribution in [-0.2, 0) is 0 Å². The normalized spacial score (nSPS) is 11.2. The third kappa shape index (κ3) is 1.96. The summed E-state index contributed by atoms with van der Waals surface area (Å²) in [6.45, 7) is 6.24. The van der Waals surface area contributed by atoms with Gasteiger partial charge in [-0.1, -0.05) is 37.6 Å². The van der Waals surface area contributed by atoms with Gasteiger partial charge in [0.15, 0.2) is 0 Å². The molecule has 0 saturated heterocycles. The van der Waals surface area contributed by atoms with Crippen molar-refractivity contribution in [1.82, 2.24) is 4.98 Å². The molecule has 2 rings (SSSR count). The summed E-state index contributed by atoms with van der Waals surface area (Å²) in [5.41, 5.74) is 6.61. The van der Waals surface area contributed by atoms with E-state index in [1.165, 1.54) is 0 Å². The number of nitrogens with one attached hydrogen (secondary N) is 1. The molecule has 4 heteroatoms. The lowest BCUT2D eigenvalue weighted by atomic mass is 9.97. The van der Waals surface area contributed by atoms with Gasteiger partial charge in [-0.15, -0.1) is 0 Å². The molecule has 0 saturated carbocycles. The topological polar surface area (TPSA) is 50.9 Å². The maximum atomic E-state index is 6.16. The molecule has 0 spiro atoms. The molecule has 0 atom stereocenters. The number of pyridine rings is 1. The van der Waals surface area contributed by atoms with E-state index in [0.29, 0.717) is 10.9 Å².